The molecule has 94 valence electrons. The molecule has 1 heterocycles. The number of carbonyl (C=O) groups excluding carboxylic acids is 1. The summed E-state index contributed by atoms with van der Waals surface area (Å²) >= 11 is 9.75. The van der Waals surface area contributed by atoms with Gasteiger partial charge in [0.05, 0.1) is 19.7 Å². The lowest BCUT2D eigenvalue weighted by atomic mass is 10.1. The van der Waals surface area contributed by atoms with Gasteiger partial charge in [-0.3, -0.25) is 4.79 Å². The molecule has 0 spiro atoms. The number of aryl methyl sites for hydroxylation is 1. The molecule has 0 bridgehead atoms. The van der Waals surface area contributed by atoms with Crippen LogP contribution in [0.15, 0.2) is 9.85 Å². The lowest BCUT2D eigenvalue weighted by molar-refractivity contribution is 0.0949. The molecule has 0 aliphatic rings. The highest BCUT2D eigenvalue weighted by atomic mass is 79.9. The van der Waals surface area contributed by atoms with Gasteiger partial charge in [-0.15, -0.1) is 11.3 Å². The Kier molecular flexibility index (Phi) is 5.55. The van der Waals surface area contributed by atoms with E-state index in [9.17, 15) is 4.79 Å². The summed E-state index contributed by atoms with van der Waals surface area (Å²) < 4.78 is 0.977. The number of thiophene rings is 1. The summed E-state index contributed by atoms with van der Waals surface area (Å²) in [4.78, 5) is 13.0. The van der Waals surface area contributed by atoms with Crippen LogP contribution in [0.5, 0.6) is 0 Å². The third-order valence-electron chi connectivity index (χ3n) is 2.31. The second-order valence-corrected chi connectivity index (χ2v) is 6.63. The van der Waals surface area contributed by atoms with Gasteiger partial charge in [-0.1, -0.05) is 25.6 Å². The van der Waals surface area contributed by atoms with Crippen LogP contribution in [0, 0.1) is 6.92 Å². The lowest BCUT2D eigenvalue weighted by Crippen LogP contribution is -2.43. The second kappa shape index (κ2) is 6.47. The van der Waals surface area contributed by atoms with E-state index in [0.717, 1.165) is 22.2 Å². The summed E-state index contributed by atoms with van der Waals surface area (Å²) in [7, 11) is 0. The van der Waals surface area contributed by atoms with E-state index in [-0.39, 0.29) is 11.9 Å². The molecule has 0 saturated heterocycles. The van der Waals surface area contributed by atoms with Gasteiger partial charge in [0.25, 0.3) is 5.91 Å². The van der Waals surface area contributed by atoms with Crippen LogP contribution in [0.3, 0.4) is 0 Å². The van der Waals surface area contributed by atoms with Crippen molar-refractivity contribution in [1.82, 2.24) is 5.32 Å². The highest BCUT2D eigenvalue weighted by molar-refractivity contribution is 9.11. The summed E-state index contributed by atoms with van der Waals surface area (Å²) in [6, 6.07) is 1.64. The molecule has 1 rings (SSSR count). The minimum Gasteiger partial charge on any atom is -0.392 e. The Labute approximate surface area is 119 Å². The Morgan fingerprint density at radius 2 is 2.35 bits per heavy atom. The third-order valence-corrected chi connectivity index (χ3v) is 4.73. The average Bonchev–Trinajstić information content (AvgIpc) is 2.58. The van der Waals surface area contributed by atoms with E-state index in [2.05, 4.69) is 21.2 Å². The van der Waals surface area contributed by atoms with Crippen molar-refractivity contribution in [2.45, 2.75) is 32.7 Å². The molecule has 6 heteroatoms. The van der Waals surface area contributed by atoms with E-state index in [0.29, 0.717) is 9.87 Å². The minimum absolute atomic E-state index is 0.116. The molecule has 1 aromatic heterocycles. The fourth-order valence-electron chi connectivity index (χ4n) is 1.38. The lowest BCUT2D eigenvalue weighted by Gasteiger charge is -2.15. The SMILES string of the molecule is CCCC(NC(=O)c1cc(C)c(Br)s1)C(N)=S. The Morgan fingerprint density at radius 3 is 2.76 bits per heavy atom. The predicted molar refractivity (Wildman–Crippen MR) is 79.7 cm³/mol. The number of thiocarbonyl (C=S) groups is 1. The quantitative estimate of drug-likeness (QED) is 0.814. The van der Waals surface area contributed by atoms with Crippen molar-refractivity contribution in [1.29, 1.82) is 0 Å². The van der Waals surface area contributed by atoms with E-state index >= 15 is 0 Å². The molecular formula is C11H15BrN2OS2. The first-order valence-corrected chi connectivity index (χ1v) is 7.33. The highest BCUT2D eigenvalue weighted by Crippen LogP contribution is 2.27. The van der Waals surface area contributed by atoms with Crippen LogP contribution in [0.25, 0.3) is 0 Å². The van der Waals surface area contributed by atoms with E-state index in [1.807, 2.05) is 19.9 Å². The van der Waals surface area contributed by atoms with Gasteiger partial charge in [0.15, 0.2) is 0 Å². The number of hydrogen-bond acceptors (Lipinski definition) is 3. The summed E-state index contributed by atoms with van der Waals surface area (Å²) in [5.41, 5.74) is 6.65. The first-order valence-electron chi connectivity index (χ1n) is 5.31. The first-order chi connectivity index (χ1) is 7.95. The van der Waals surface area contributed by atoms with E-state index < -0.39 is 0 Å². The molecular weight excluding hydrogens is 320 g/mol. The first kappa shape index (κ1) is 14.6. The Bertz CT molecular complexity index is 412. The standard InChI is InChI=1S/C11H15BrN2OS2/c1-3-4-7(10(13)16)14-11(15)8-5-6(2)9(12)17-8/h5,7H,3-4H2,1-2H3,(H2,13,16)(H,14,15). The molecule has 1 atom stereocenters. The maximum absolute atomic E-state index is 12.0. The summed E-state index contributed by atoms with van der Waals surface area (Å²) in [6.45, 7) is 3.98. The molecule has 3 nitrogen and oxygen atoms in total. The van der Waals surface area contributed by atoms with Crippen molar-refractivity contribution >= 4 is 50.4 Å². The van der Waals surface area contributed by atoms with Crippen molar-refractivity contribution in [3.05, 3.63) is 20.3 Å². The van der Waals surface area contributed by atoms with Gasteiger partial charge in [-0.05, 0) is 40.9 Å². The van der Waals surface area contributed by atoms with E-state index in [4.69, 9.17) is 18.0 Å². The summed E-state index contributed by atoms with van der Waals surface area (Å²) in [5, 5.41) is 2.86. The highest BCUT2D eigenvalue weighted by Gasteiger charge is 2.17. The Balaban J connectivity index is 2.73. The van der Waals surface area contributed by atoms with Gasteiger partial charge >= 0.3 is 0 Å². The van der Waals surface area contributed by atoms with Crippen molar-refractivity contribution in [2.75, 3.05) is 0 Å². The van der Waals surface area contributed by atoms with Crippen LogP contribution in [0.4, 0.5) is 0 Å². The smallest absolute Gasteiger partial charge is 0.261 e. The van der Waals surface area contributed by atoms with Crippen molar-refractivity contribution in [2.24, 2.45) is 5.73 Å². The zero-order valence-electron chi connectivity index (χ0n) is 9.75. The van der Waals surface area contributed by atoms with Crippen molar-refractivity contribution in [3.8, 4) is 0 Å². The number of rotatable bonds is 5. The fourth-order valence-corrected chi connectivity index (χ4v) is 2.99. The normalized spacial score (nSPS) is 12.2. The second-order valence-electron chi connectivity index (χ2n) is 3.78. The van der Waals surface area contributed by atoms with Gasteiger partial charge in [-0.2, -0.15) is 0 Å². The Hall–Kier alpha value is -0.460. The van der Waals surface area contributed by atoms with Crippen molar-refractivity contribution in [3.63, 3.8) is 0 Å². The maximum Gasteiger partial charge on any atom is 0.261 e. The maximum atomic E-state index is 12.0. The zero-order chi connectivity index (χ0) is 13.0. The Morgan fingerprint density at radius 1 is 1.71 bits per heavy atom. The summed E-state index contributed by atoms with van der Waals surface area (Å²) in [5.74, 6) is -0.116. The number of halogens is 1. The molecule has 1 aromatic rings. The van der Waals surface area contributed by atoms with Crippen LogP contribution in [-0.4, -0.2) is 16.9 Å². The molecule has 0 fully saturated rings. The van der Waals surface area contributed by atoms with Gasteiger partial charge < -0.3 is 11.1 Å². The predicted octanol–water partition coefficient (Wildman–Crippen LogP) is 3.00. The van der Waals surface area contributed by atoms with Crippen LogP contribution in [0.2, 0.25) is 0 Å². The number of amides is 1. The van der Waals surface area contributed by atoms with Gasteiger partial charge in [-0.25, -0.2) is 0 Å². The zero-order valence-corrected chi connectivity index (χ0v) is 13.0. The minimum atomic E-state index is -0.219. The van der Waals surface area contributed by atoms with E-state index in [1.165, 1.54) is 11.3 Å². The number of nitrogens with two attached hydrogens (primary N) is 1. The number of carbonyl (C=O) groups is 1. The fraction of sp³-hybridized carbons (Fsp3) is 0.455. The van der Waals surface area contributed by atoms with E-state index in [1.54, 1.807) is 0 Å². The van der Waals surface area contributed by atoms with Crippen LogP contribution >= 0.6 is 39.5 Å². The molecule has 0 aliphatic heterocycles. The van der Waals surface area contributed by atoms with Gasteiger partial charge in [0.1, 0.15) is 0 Å². The molecule has 0 aliphatic carbocycles. The third kappa shape index (κ3) is 4.04. The van der Waals surface area contributed by atoms with Gasteiger partial charge in [0.2, 0.25) is 0 Å². The number of hydrogen-bond donors (Lipinski definition) is 2. The largest absolute Gasteiger partial charge is 0.392 e. The molecule has 0 aromatic carbocycles. The average molecular weight is 335 g/mol. The van der Waals surface area contributed by atoms with Gasteiger partial charge in [0, 0.05) is 0 Å². The summed E-state index contributed by atoms with van der Waals surface area (Å²) in [6.07, 6.45) is 1.70. The van der Waals surface area contributed by atoms with Crippen LogP contribution < -0.4 is 11.1 Å². The molecule has 0 radical (unpaired) electrons. The topological polar surface area (TPSA) is 55.1 Å². The molecule has 1 unspecified atom stereocenters. The van der Waals surface area contributed by atoms with Crippen LogP contribution in [0.1, 0.15) is 35.0 Å². The molecule has 1 amide bonds. The van der Waals surface area contributed by atoms with Crippen molar-refractivity contribution < 1.29 is 4.79 Å². The van der Waals surface area contributed by atoms with Crippen LogP contribution in [-0.2, 0) is 0 Å². The molecule has 3 N–H and O–H groups in total. The molecule has 0 saturated carbocycles. The molecule has 17 heavy (non-hydrogen) atoms. The number of nitrogens with one attached hydrogen (secondary N) is 1. The monoisotopic (exact) mass is 334 g/mol.